The number of nitrogens with one attached hydrogen (secondary N) is 3. The molecule has 0 fully saturated rings. The summed E-state index contributed by atoms with van der Waals surface area (Å²) in [5, 5.41) is 53.0. The van der Waals surface area contributed by atoms with E-state index in [-0.39, 0.29) is 13.1 Å². The van der Waals surface area contributed by atoms with Crippen molar-refractivity contribution < 1.29 is 30.0 Å². The molecule has 0 saturated carbocycles. The van der Waals surface area contributed by atoms with E-state index in [9.17, 15) is 30.0 Å². The van der Waals surface area contributed by atoms with Gasteiger partial charge in [-0.1, -0.05) is 102 Å². The summed E-state index contributed by atoms with van der Waals surface area (Å²) in [4.78, 5) is 26.2. The largest absolute Gasteiger partial charge is 0.390 e. The Morgan fingerprint density at radius 2 is 0.907 bits per heavy atom. The Morgan fingerprint density at radius 3 is 1.19 bits per heavy atom. The second-order valence-electron chi connectivity index (χ2n) is 14.0. The highest BCUT2D eigenvalue weighted by atomic mass is 16.3. The van der Waals surface area contributed by atoms with Gasteiger partial charge in [0.05, 0.1) is 24.3 Å². The van der Waals surface area contributed by atoms with E-state index in [1.807, 2.05) is 60.7 Å². The number of carbonyl (C=O) groups is 2. The predicted octanol–water partition coefficient (Wildman–Crippen LogP) is 2.35. The molecule has 7 N–H and O–H groups in total. The molecule has 2 rings (SSSR count). The van der Waals surface area contributed by atoms with Gasteiger partial charge in [0, 0.05) is 13.1 Å². The number of rotatable bonds is 14. The molecule has 6 atom stereocenters. The van der Waals surface area contributed by atoms with Crippen molar-refractivity contribution in [2.24, 2.45) is 10.8 Å². The van der Waals surface area contributed by atoms with E-state index in [2.05, 4.69) is 16.0 Å². The van der Waals surface area contributed by atoms with Gasteiger partial charge in [0.15, 0.2) is 0 Å². The maximum Gasteiger partial charge on any atom is 0.252 e. The van der Waals surface area contributed by atoms with Crippen LogP contribution in [0.4, 0.5) is 0 Å². The van der Waals surface area contributed by atoms with Crippen LogP contribution in [0.3, 0.4) is 0 Å². The van der Waals surface area contributed by atoms with E-state index in [1.165, 1.54) is 13.8 Å². The Kier molecular flexibility index (Phi) is 12.5. The molecule has 3 unspecified atom stereocenters. The number of hydrogen-bond acceptors (Lipinski definition) is 7. The average molecular weight is 600 g/mol. The minimum Gasteiger partial charge on any atom is -0.390 e. The molecule has 240 valence electrons. The monoisotopic (exact) mass is 599 g/mol. The van der Waals surface area contributed by atoms with Crippen molar-refractivity contribution in [2.75, 3.05) is 13.1 Å². The maximum atomic E-state index is 13.1. The highest BCUT2D eigenvalue weighted by Gasteiger charge is 2.44. The lowest BCUT2D eigenvalue weighted by atomic mass is 9.77. The summed E-state index contributed by atoms with van der Waals surface area (Å²) in [6.45, 7) is 13.6. The second kappa shape index (κ2) is 14.8. The Hall–Kier alpha value is -2.82. The van der Waals surface area contributed by atoms with Gasteiger partial charge in [0.25, 0.3) is 11.8 Å². The summed E-state index contributed by atoms with van der Waals surface area (Å²) >= 11 is 0. The smallest absolute Gasteiger partial charge is 0.252 e. The molecule has 0 radical (unpaired) electrons. The number of hydrogen-bond donors (Lipinski definition) is 7. The van der Waals surface area contributed by atoms with Crippen LogP contribution in [0, 0.1) is 10.8 Å². The van der Waals surface area contributed by atoms with Gasteiger partial charge in [-0.05, 0) is 48.6 Å². The zero-order valence-electron chi connectivity index (χ0n) is 27.0. The fraction of sp³-hybridized carbons (Fsp3) is 0.588. The zero-order valence-corrected chi connectivity index (χ0v) is 27.0. The van der Waals surface area contributed by atoms with Gasteiger partial charge in [-0.3, -0.25) is 9.59 Å². The number of aliphatic hydroxyl groups excluding tert-OH is 2. The third kappa shape index (κ3) is 10.1. The minimum absolute atomic E-state index is 0.0260. The molecule has 0 saturated heterocycles. The summed E-state index contributed by atoms with van der Waals surface area (Å²) in [6.07, 6.45) is -1.47. The topological polar surface area (TPSA) is 151 Å². The molecule has 2 amide bonds. The average Bonchev–Trinajstić information content (AvgIpc) is 2.91. The molecule has 2 aromatic rings. The minimum atomic E-state index is -1.68. The lowest BCUT2D eigenvalue weighted by Gasteiger charge is -2.38. The third-order valence-electron chi connectivity index (χ3n) is 8.67. The molecular weight excluding hydrogens is 546 g/mol. The van der Waals surface area contributed by atoms with Crippen molar-refractivity contribution in [3.05, 3.63) is 71.8 Å². The van der Waals surface area contributed by atoms with Crippen molar-refractivity contribution in [2.45, 2.75) is 104 Å². The molecule has 9 nitrogen and oxygen atoms in total. The summed E-state index contributed by atoms with van der Waals surface area (Å²) in [5.74, 6) is -1.17. The Balaban J connectivity index is 2.16. The SMILES string of the molecule is CC(C)(C)[C@@](C)(O)C(=O)NC(Cc1ccccc1)[C@H](O)CNCC(O)C(Cc1ccccc1)NC(=O)[C@@](C)(O)C(C)(C)C. The first-order valence-electron chi connectivity index (χ1n) is 15.0. The van der Waals surface area contributed by atoms with Gasteiger partial charge in [-0.25, -0.2) is 0 Å². The highest BCUT2D eigenvalue weighted by molar-refractivity contribution is 5.86. The van der Waals surface area contributed by atoms with E-state index in [1.54, 1.807) is 41.5 Å². The van der Waals surface area contributed by atoms with Crippen molar-refractivity contribution in [1.29, 1.82) is 0 Å². The van der Waals surface area contributed by atoms with Gasteiger partial charge in [0.2, 0.25) is 0 Å². The molecular formula is C34H53N3O6. The molecule has 0 aromatic heterocycles. The van der Waals surface area contributed by atoms with E-state index < -0.39 is 58.1 Å². The quantitative estimate of drug-likeness (QED) is 0.176. The van der Waals surface area contributed by atoms with Gasteiger partial charge in [0.1, 0.15) is 11.2 Å². The molecule has 43 heavy (non-hydrogen) atoms. The fourth-order valence-electron chi connectivity index (χ4n) is 4.27. The van der Waals surface area contributed by atoms with Crippen LogP contribution in [0.1, 0.15) is 66.5 Å². The number of aliphatic hydroxyl groups is 4. The van der Waals surface area contributed by atoms with Crippen molar-refractivity contribution in [1.82, 2.24) is 16.0 Å². The third-order valence-corrected chi connectivity index (χ3v) is 8.67. The first-order chi connectivity index (χ1) is 19.8. The summed E-state index contributed by atoms with van der Waals surface area (Å²) in [6, 6.07) is 17.4. The van der Waals surface area contributed by atoms with Crippen molar-refractivity contribution >= 4 is 11.8 Å². The van der Waals surface area contributed by atoms with Crippen LogP contribution in [-0.4, -0.2) is 80.8 Å². The molecule has 0 aliphatic carbocycles. The molecule has 0 heterocycles. The first kappa shape index (κ1) is 36.4. The number of carbonyl (C=O) groups excluding carboxylic acids is 2. The van der Waals surface area contributed by atoms with Gasteiger partial charge in [-0.2, -0.15) is 0 Å². The van der Waals surface area contributed by atoms with Crippen LogP contribution >= 0.6 is 0 Å². The molecule has 0 aliphatic rings. The zero-order chi connectivity index (χ0) is 32.6. The summed E-state index contributed by atoms with van der Waals surface area (Å²) in [7, 11) is 0. The van der Waals surface area contributed by atoms with Gasteiger partial charge < -0.3 is 36.4 Å². The van der Waals surface area contributed by atoms with Crippen LogP contribution in [0.2, 0.25) is 0 Å². The van der Waals surface area contributed by atoms with Crippen LogP contribution in [-0.2, 0) is 22.4 Å². The Morgan fingerprint density at radius 1 is 0.605 bits per heavy atom. The predicted molar refractivity (Wildman–Crippen MR) is 169 cm³/mol. The van der Waals surface area contributed by atoms with Crippen LogP contribution < -0.4 is 16.0 Å². The van der Waals surface area contributed by atoms with Crippen molar-refractivity contribution in [3.63, 3.8) is 0 Å². The molecule has 2 aromatic carbocycles. The van der Waals surface area contributed by atoms with Crippen LogP contribution in [0.5, 0.6) is 0 Å². The van der Waals surface area contributed by atoms with Gasteiger partial charge in [-0.15, -0.1) is 0 Å². The molecule has 0 aliphatic heterocycles. The standard InChI is InChI=1S/C34H53N3O6/c1-31(2,3)33(7,42)29(40)36-25(19-23-15-11-9-12-16-23)27(38)21-35-22-28(39)26(20-24-17-13-10-14-18-24)37-30(41)34(8,43)32(4,5)6/h9-18,25-28,35,38-39,42-43H,19-22H2,1-8H3,(H,36,40)(H,37,41)/t25?,26?,27-,28?,33+,34-/m1/s1. The lowest BCUT2D eigenvalue weighted by molar-refractivity contribution is -0.151. The number of amides is 2. The van der Waals surface area contributed by atoms with Crippen LogP contribution in [0.25, 0.3) is 0 Å². The maximum absolute atomic E-state index is 13.1. The first-order valence-corrected chi connectivity index (χ1v) is 15.0. The lowest BCUT2D eigenvalue weighted by Crippen LogP contribution is -2.60. The number of benzene rings is 2. The highest BCUT2D eigenvalue weighted by Crippen LogP contribution is 2.31. The van der Waals surface area contributed by atoms with Crippen LogP contribution in [0.15, 0.2) is 60.7 Å². The molecule has 0 spiro atoms. The summed E-state index contributed by atoms with van der Waals surface area (Å²) in [5.41, 5.74) is -3.03. The van der Waals surface area contributed by atoms with Crippen molar-refractivity contribution in [3.8, 4) is 0 Å². The van der Waals surface area contributed by atoms with E-state index in [0.29, 0.717) is 12.8 Å². The van der Waals surface area contributed by atoms with E-state index in [4.69, 9.17) is 0 Å². The fourth-order valence-corrected chi connectivity index (χ4v) is 4.27. The summed E-state index contributed by atoms with van der Waals surface area (Å²) < 4.78 is 0. The second-order valence-corrected chi connectivity index (χ2v) is 14.0. The van der Waals surface area contributed by atoms with E-state index >= 15 is 0 Å². The van der Waals surface area contributed by atoms with E-state index in [0.717, 1.165) is 11.1 Å². The molecule has 9 heteroatoms. The Bertz CT molecular complexity index is 1060. The Labute approximate surface area is 257 Å². The normalized spacial score (nSPS) is 18.0. The van der Waals surface area contributed by atoms with Gasteiger partial charge >= 0.3 is 0 Å². The molecule has 0 bridgehead atoms.